The third-order valence-corrected chi connectivity index (χ3v) is 4.06. The molecule has 0 unspecified atom stereocenters. The van der Waals surface area contributed by atoms with Crippen LogP contribution in [0.25, 0.3) is 0 Å². The largest absolute Gasteiger partial charge is 0.383 e. The minimum atomic E-state index is -0.221. The number of carbonyl (C=O) groups is 1. The molecule has 0 aliphatic carbocycles. The molecule has 0 aliphatic heterocycles. The van der Waals surface area contributed by atoms with E-state index in [1.165, 1.54) is 24.8 Å². The summed E-state index contributed by atoms with van der Waals surface area (Å²) in [7, 11) is 1.59. The van der Waals surface area contributed by atoms with Crippen molar-refractivity contribution in [2.75, 3.05) is 12.8 Å². The number of rotatable bonds is 9. The summed E-state index contributed by atoms with van der Waals surface area (Å²) in [5.74, 6) is -0.000638. The number of ether oxygens (including phenoxy) is 1. The second-order valence-electron chi connectivity index (χ2n) is 6.12. The number of unbranched alkanes of at least 4 members (excludes halogenated alkanes) is 2. The number of nitrogen functional groups attached to an aromatic ring is 1. The quantitative estimate of drug-likeness (QED) is 0.685. The Morgan fingerprint density at radius 3 is 2.48 bits per heavy atom. The number of nitrogens with two attached hydrogens (primary N) is 1. The maximum absolute atomic E-state index is 12.3. The highest BCUT2D eigenvalue weighted by molar-refractivity contribution is 5.98. The predicted molar refractivity (Wildman–Crippen MR) is 100 cm³/mol. The van der Waals surface area contributed by atoms with E-state index >= 15 is 0 Å². The van der Waals surface area contributed by atoms with E-state index in [0.29, 0.717) is 24.4 Å². The predicted octanol–water partition coefficient (Wildman–Crippen LogP) is 3.47. The molecule has 0 atom stereocenters. The smallest absolute Gasteiger partial charge is 0.255 e. The molecule has 25 heavy (non-hydrogen) atoms. The lowest BCUT2D eigenvalue weighted by atomic mass is 10.1. The number of methoxy groups -OCH3 is 1. The van der Waals surface area contributed by atoms with E-state index in [1.807, 2.05) is 0 Å². The van der Waals surface area contributed by atoms with Crippen molar-refractivity contribution in [2.24, 2.45) is 0 Å². The fourth-order valence-corrected chi connectivity index (χ4v) is 2.62. The second kappa shape index (κ2) is 9.79. The van der Waals surface area contributed by atoms with E-state index in [2.05, 4.69) is 41.5 Å². The monoisotopic (exact) mass is 341 g/mol. The van der Waals surface area contributed by atoms with Crippen molar-refractivity contribution in [2.45, 2.75) is 45.8 Å². The van der Waals surface area contributed by atoms with Crippen LogP contribution >= 0.6 is 0 Å². The number of hydrogen-bond donors (Lipinski definition) is 2. The van der Waals surface area contributed by atoms with E-state index in [0.717, 1.165) is 12.0 Å². The van der Waals surface area contributed by atoms with E-state index in [1.54, 1.807) is 19.2 Å². The fraction of sp³-hybridized carbons (Fsp3) is 0.400. The fourth-order valence-electron chi connectivity index (χ4n) is 2.62. The number of hydrogen-bond acceptors (Lipinski definition) is 4. The van der Waals surface area contributed by atoms with Crippen LogP contribution in [-0.4, -0.2) is 18.0 Å². The summed E-state index contributed by atoms with van der Waals surface area (Å²) < 4.78 is 5.01. The number of benzene rings is 1. The topological polar surface area (TPSA) is 77.2 Å². The molecule has 0 saturated heterocycles. The molecule has 134 valence electrons. The Hall–Kier alpha value is -2.40. The number of amides is 1. The summed E-state index contributed by atoms with van der Waals surface area (Å²) in [6.45, 7) is 3.04. The molecule has 1 aromatic heterocycles. The number of carbonyl (C=O) groups excluding carboxylic acids is 1. The molecule has 0 fully saturated rings. The third-order valence-electron chi connectivity index (χ3n) is 4.06. The molecule has 2 aromatic rings. The zero-order valence-corrected chi connectivity index (χ0v) is 15.0. The Labute approximate surface area is 149 Å². The summed E-state index contributed by atoms with van der Waals surface area (Å²) in [6.07, 6.45) is 4.82. The van der Waals surface area contributed by atoms with Gasteiger partial charge in [0, 0.05) is 13.7 Å². The Kier molecular flexibility index (Phi) is 7.41. The first-order valence-electron chi connectivity index (χ1n) is 8.74. The van der Waals surface area contributed by atoms with Crippen LogP contribution in [0.5, 0.6) is 0 Å². The van der Waals surface area contributed by atoms with Gasteiger partial charge < -0.3 is 15.8 Å². The zero-order chi connectivity index (χ0) is 18.1. The average Bonchev–Trinajstić information content (AvgIpc) is 2.61. The average molecular weight is 341 g/mol. The molecule has 2 rings (SSSR count). The van der Waals surface area contributed by atoms with Crippen molar-refractivity contribution in [3.05, 3.63) is 58.8 Å². The van der Waals surface area contributed by atoms with E-state index in [-0.39, 0.29) is 11.7 Å². The normalized spacial score (nSPS) is 10.6. The van der Waals surface area contributed by atoms with Gasteiger partial charge in [0.15, 0.2) is 0 Å². The van der Waals surface area contributed by atoms with Gasteiger partial charge in [0.25, 0.3) is 5.91 Å². The van der Waals surface area contributed by atoms with Crippen LogP contribution in [-0.2, 0) is 24.3 Å². The first-order chi connectivity index (χ1) is 12.1. The first kappa shape index (κ1) is 18.9. The van der Waals surface area contributed by atoms with Crippen LogP contribution in [0.1, 0.15) is 53.4 Å². The number of nitrogens with zero attached hydrogens (tertiary/aromatic N) is 1. The van der Waals surface area contributed by atoms with Crippen LogP contribution in [0, 0.1) is 0 Å². The van der Waals surface area contributed by atoms with Crippen LogP contribution in [0.4, 0.5) is 5.82 Å². The molecular formula is C20H27N3O2. The van der Waals surface area contributed by atoms with E-state index in [4.69, 9.17) is 10.5 Å². The van der Waals surface area contributed by atoms with E-state index in [9.17, 15) is 4.79 Å². The SMILES string of the molecule is CCCCCc1ccc(CNC(=O)c2ccc(COC)nc2N)cc1. The van der Waals surface area contributed by atoms with Crippen molar-refractivity contribution < 1.29 is 9.53 Å². The first-order valence-corrected chi connectivity index (χ1v) is 8.74. The van der Waals surface area contributed by atoms with Gasteiger partial charge in [-0.1, -0.05) is 44.0 Å². The Morgan fingerprint density at radius 2 is 1.84 bits per heavy atom. The van der Waals surface area contributed by atoms with Crippen molar-refractivity contribution in [3.63, 3.8) is 0 Å². The van der Waals surface area contributed by atoms with Crippen LogP contribution < -0.4 is 11.1 Å². The lowest BCUT2D eigenvalue weighted by Crippen LogP contribution is -2.24. The highest BCUT2D eigenvalue weighted by Crippen LogP contribution is 2.12. The molecular weight excluding hydrogens is 314 g/mol. The Bertz CT molecular complexity index is 684. The van der Waals surface area contributed by atoms with Crippen molar-refractivity contribution >= 4 is 11.7 Å². The van der Waals surface area contributed by atoms with Crippen molar-refractivity contribution in [1.29, 1.82) is 0 Å². The minimum Gasteiger partial charge on any atom is -0.383 e. The van der Waals surface area contributed by atoms with Crippen molar-refractivity contribution in [3.8, 4) is 0 Å². The highest BCUT2D eigenvalue weighted by atomic mass is 16.5. The highest BCUT2D eigenvalue weighted by Gasteiger charge is 2.11. The van der Waals surface area contributed by atoms with Gasteiger partial charge in [-0.05, 0) is 36.1 Å². The molecule has 0 spiro atoms. The van der Waals surface area contributed by atoms with Gasteiger partial charge in [-0.25, -0.2) is 4.98 Å². The molecule has 3 N–H and O–H groups in total. The maximum Gasteiger partial charge on any atom is 0.255 e. The summed E-state index contributed by atoms with van der Waals surface area (Å²) in [6, 6.07) is 11.8. The third kappa shape index (κ3) is 5.87. The van der Waals surface area contributed by atoms with Gasteiger partial charge in [0.1, 0.15) is 5.82 Å². The summed E-state index contributed by atoms with van der Waals surface area (Å²) in [4.78, 5) is 16.5. The zero-order valence-electron chi connectivity index (χ0n) is 15.0. The van der Waals surface area contributed by atoms with Gasteiger partial charge in [-0.3, -0.25) is 4.79 Å². The molecule has 1 heterocycles. The number of nitrogens with one attached hydrogen (secondary N) is 1. The lowest BCUT2D eigenvalue weighted by molar-refractivity contribution is 0.0951. The van der Waals surface area contributed by atoms with Gasteiger partial charge >= 0.3 is 0 Å². The molecule has 1 amide bonds. The molecule has 0 saturated carbocycles. The molecule has 0 radical (unpaired) electrons. The van der Waals surface area contributed by atoms with Crippen LogP contribution in [0.3, 0.4) is 0 Å². The Morgan fingerprint density at radius 1 is 1.12 bits per heavy atom. The number of pyridine rings is 1. The molecule has 1 aromatic carbocycles. The van der Waals surface area contributed by atoms with Crippen LogP contribution in [0.15, 0.2) is 36.4 Å². The summed E-state index contributed by atoms with van der Waals surface area (Å²) >= 11 is 0. The second-order valence-corrected chi connectivity index (χ2v) is 6.12. The molecule has 0 aliphatic rings. The van der Waals surface area contributed by atoms with E-state index < -0.39 is 0 Å². The van der Waals surface area contributed by atoms with Gasteiger partial charge in [-0.2, -0.15) is 0 Å². The lowest BCUT2D eigenvalue weighted by Gasteiger charge is -2.09. The summed E-state index contributed by atoms with van der Waals surface area (Å²) in [5, 5.41) is 2.89. The number of anilines is 1. The number of aryl methyl sites for hydroxylation is 1. The Balaban J connectivity index is 1.89. The van der Waals surface area contributed by atoms with Gasteiger partial charge in [0.2, 0.25) is 0 Å². The summed E-state index contributed by atoms with van der Waals surface area (Å²) in [5.41, 5.74) is 9.36. The minimum absolute atomic E-state index is 0.221. The molecule has 0 bridgehead atoms. The van der Waals surface area contributed by atoms with Crippen molar-refractivity contribution in [1.82, 2.24) is 10.3 Å². The number of aromatic nitrogens is 1. The van der Waals surface area contributed by atoms with Gasteiger partial charge in [0.05, 0.1) is 17.9 Å². The van der Waals surface area contributed by atoms with Crippen LogP contribution in [0.2, 0.25) is 0 Å². The maximum atomic E-state index is 12.3. The van der Waals surface area contributed by atoms with Gasteiger partial charge in [-0.15, -0.1) is 0 Å². The molecule has 5 heteroatoms. The standard InChI is InChI=1S/C20H27N3O2/c1-3-4-5-6-15-7-9-16(10-8-15)13-22-20(24)18-12-11-17(14-25-2)23-19(18)21/h7-12H,3-6,13-14H2,1-2H3,(H2,21,23)(H,22,24). The molecule has 5 nitrogen and oxygen atoms in total.